The van der Waals surface area contributed by atoms with Crippen molar-refractivity contribution in [3.8, 4) is 5.75 Å². The number of amides is 1. The molecule has 28 heavy (non-hydrogen) atoms. The molecule has 2 aromatic carbocycles. The lowest BCUT2D eigenvalue weighted by Gasteiger charge is -2.51. The predicted molar refractivity (Wildman–Crippen MR) is 107 cm³/mol. The van der Waals surface area contributed by atoms with Gasteiger partial charge in [0.2, 0.25) is 5.91 Å². The molecule has 3 rings (SSSR count). The SMILES string of the molecule is COC(=O)C(CC(C)C)N1C(=O)[C@@H](Cc2ccccc2)[C@@H]1c1ccc(O)cc1. The van der Waals surface area contributed by atoms with E-state index in [4.69, 9.17) is 4.74 Å². The third-order valence-corrected chi connectivity index (χ3v) is 5.29. The second-order valence-electron chi connectivity index (χ2n) is 7.75. The largest absolute Gasteiger partial charge is 0.508 e. The number of benzene rings is 2. The number of β-lactam (4-membered cyclic amide) rings is 1. The van der Waals surface area contributed by atoms with Crippen molar-refractivity contribution in [3.63, 3.8) is 0 Å². The fraction of sp³-hybridized carbons (Fsp3) is 0.391. The fourth-order valence-electron chi connectivity index (χ4n) is 3.96. The van der Waals surface area contributed by atoms with Crippen molar-refractivity contribution in [2.45, 2.75) is 38.8 Å². The van der Waals surface area contributed by atoms with Crippen molar-refractivity contribution >= 4 is 11.9 Å². The first kappa shape index (κ1) is 19.9. The van der Waals surface area contributed by atoms with Crippen LogP contribution in [0.1, 0.15) is 37.4 Å². The molecule has 1 aliphatic rings. The molecule has 1 N–H and O–H groups in total. The average Bonchev–Trinajstić information content (AvgIpc) is 2.69. The minimum absolute atomic E-state index is 0.0296. The third-order valence-electron chi connectivity index (χ3n) is 5.29. The lowest BCUT2D eigenvalue weighted by atomic mass is 9.76. The molecule has 1 unspecified atom stereocenters. The van der Waals surface area contributed by atoms with Gasteiger partial charge in [-0.25, -0.2) is 4.79 Å². The summed E-state index contributed by atoms with van der Waals surface area (Å²) < 4.78 is 5.00. The molecule has 0 bridgehead atoms. The first-order valence-electron chi connectivity index (χ1n) is 9.65. The maximum Gasteiger partial charge on any atom is 0.328 e. The molecule has 0 saturated carbocycles. The van der Waals surface area contributed by atoms with Gasteiger partial charge in [0.05, 0.1) is 19.1 Å². The number of methoxy groups -OCH3 is 1. The summed E-state index contributed by atoms with van der Waals surface area (Å²) in [5, 5.41) is 9.65. The normalized spacial score (nSPS) is 20.0. The number of hydrogen-bond donors (Lipinski definition) is 1. The van der Waals surface area contributed by atoms with Crippen LogP contribution in [-0.2, 0) is 20.7 Å². The molecular weight excluding hydrogens is 354 g/mol. The molecule has 2 aromatic rings. The van der Waals surface area contributed by atoms with Crippen molar-refractivity contribution in [1.82, 2.24) is 4.90 Å². The first-order chi connectivity index (χ1) is 13.4. The highest BCUT2D eigenvalue weighted by molar-refractivity contribution is 5.92. The zero-order chi connectivity index (χ0) is 20.3. The van der Waals surface area contributed by atoms with Crippen LogP contribution in [0.15, 0.2) is 54.6 Å². The van der Waals surface area contributed by atoms with Gasteiger partial charge >= 0.3 is 5.97 Å². The van der Waals surface area contributed by atoms with Crippen molar-refractivity contribution in [2.75, 3.05) is 7.11 Å². The van der Waals surface area contributed by atoms with E-state index in [1.54, 1.807) is 17.0 Å². The molecule has 0 spiro atoms. The Kier molecular flexibility index (Phi) is 6.02. The van der Waals surface area contributed by atoms with Gasteiger partial charge in [-0.3, -0.25) is 4.79 Å². The number of carbonyl (C=O) groups excluding carboxylic acids is 2. The summed E-state index contributed by atoms with van der Waals surface area (Å²) in [6, 6.07) is 15.9. The maximum absolute atomic E-state index is 13.1. The zero-order valence-electron chi connectivity index (χ0n) is 16.5. The summed E-state index contributed by atoms with van der Waals surface area (Å²) in [6.45, 7) is 4.05. The summed E-state index contributed by atoms with van der Waals surface area (Å²) in [5.41, 5.74) is 2.00. The lowest BCUT2D eigenvalue weighted by molar-refractivity contribution is -0.173. The molecule has 1 saturated heterocycles. The summed E-state index contributed by atoms with van der Waals surface area (Å²) in [7, 11) is 1.36. The van der Waals surface area contributed by atoms with Crippen molar-refractivity contribution in [3.05, 3.63) is 65.7 Å². The van der Waals surface area contributed by atoms with Crippen LogP contribution in [0.4, 0.5) is 0 Å². The van der Waals surface area contributed by atoms with E-state index in [-0.39, 0.29) is 35.5 Å². The molecule has 148 valence electrons. The van der Waals surface area contributed by atoms with E-state index >= 15 is 0 Å². The second kappa shape index (κ2) is 8.46. The highest BCUT2D eigenvalue weighted by Gasteiger charge is 2.52. The zero-order valence-corrected chi connectivity index (χ0v) is 16.5. The van der Waals surface area contributed by atoms with Gasteiger partial charge in [-0.05, 0) is 42.0 Å². The topological polar surface area (TPSA) is 66.8 Å². The smallest absolute Gasteiger partial charge is 0.328 e. The van der Waals surface area contributed by atoms with E-state index < -0.39 is 6.04 Å². The Morgan fingerprint density at radius 2 is 1.75 bits per heavy atom. The molecule has 1 aliphatic heterocycles. The van der Waals surface area contributed by atoms with Crippen LogP contribution in [0.2, 0.25) is 0 Å². The molecule has 5 heteroatoms. The minimum Gasteiger partial charge on any atom is -0.508 e. The maximum atomic E-state index is 13.1. The van der Waals surface area contributed by atoms with Gasteiger partial charge < -0.3 is 14.7 Å². The van der Waals surface area contributed by atoms with E-state index in [0.717, 1.165) is 11.1 Å². The second-order valence-corrected chi connectivity index (χ2v) is 7.75. The Hall–Kier alpha value is -2.82. The summed E-state index contributed by atoms with van der Waals surface area (Å²) in [4.78, 5) is 27.3. The molecule has 0 aromatic heterocycles. The minimum atomic E-state index is -0.608. The van der Waals surface area contributed by atoms with Gasteiger partial charge in [0.1, 0.15) is 11.8 Å². The van der Waals surface area contributed by atoms with Crippen LogP contribution in [0.3, 0.4) is 0 Å². The monoisotopic (exact) mass is 381 g/mol. The Bertz CT molecular complexity index is 816. The number of ether oxygens (including phenoxy) is 1. The number of likely N-dealkylation sites (tertiary alicyclic amines) is 1. The van der Waals surface area contributed by atoms with Crippen LogP contribution in [0.5, 0.6) is 5.75 Å². The number of phenolic OH excluding ortho intramolecular Hbond substituents is 1. The third kappa shape index (κ3) is 4.03. The van der Waals surface area contributed by atoms with Gasteiger partial charge in [0.25, 0.3) is 0 Å². The molecule has 1 fully saturated rings. The lowest BCUT2D eigenvalue weighted by Crippen LogP contribution is -2.62. The molecule has 1 heterocycles. The molecule has 1 amide bonds. The van der Waals surface area contributed by atoms with Crippen LogP contribution >= 0.6 is 0 Å². The number of carbonyl (C=O) groups is 2. The summed E-state index contributed by atoms with van der Waals surface area (Å²) in [5.74, 6) is -0.244. The van der Waals surface area contributed by atoms with Crippen molar-refractivity contribution in [2.24, 2.45) is 11.8 Å². The molecule has 0 radical (unpaired) electrons. The first-order valence-corrected chi connectivity index (χ1v) is 9.65. The average molecular weight is 381 g/mol. The standard InChI is InChI=1S/C23H27NO4/c1-15(2)13-20(23(27)28-3)24-21(17-9-11-18(25)12-10-17)19(22(24)26)14-16-7-5-4-6-8-16/h4-12,15,19-21,25H,13-14H2,1-3H3/t19-,20?,21-/m0/s1. The Morgan fingerprint density at radius 1 is 1.11 bits per heavy atom. The van der Waals surface area contributed by atoms with Gasteiger partial charge in [-0.2, -0.15) is 0 Å². The highest BCUT2D eigenvalue weighted by atomic mass is 16.5. The number of rotatable bonds is 7. The summed E-state index contributed by atoms with van der Waals surface area (Å²) >= 11 is 0. The summed E-state index contributed by atoms with van der Waals surface area (Å²) in [6.07, 6.45) is 1.16. The van der Waals surface area contributed by atoms with Crippen LogP contribution in [-0.4, -0.2) is 35.0 Å². The van der Waals surface area contributed by atoms with Gasteiger partial charge in [0, 0.05) is 0 Å². The van der Waals surface area contributed by atoms with E-state index in [9.17, 15) is 14.7 Å². The molecule has 0 aliphatic carbocycles. The Morgan fingerprint density at radius 3 is 2.32 bits per heavy atom. The van der Waals surface area contributed by atoms with Crippen molar-refractivity contribution in [1.29, 1.82) is 0 Å². The Labute approximate surface area is 165 Å². The van der Waals surface area contributed by atoms with E-state index in [2.05, 4.69) is 0 Å². The molecule has 3 atom stereocenters. The van der Waals surface area contributed by atoms with Crippen LogP contribution in [0.25, 0.3) is 0 Å². The predicted octanol–water partition coefficient (Wildman–Crippen LogP) is 3.72. The van der Waals surface area contributed by atoms with E-state index in [0.29, 0.717) is 12.8 Å². The molecule has 5 nitrogen and oxygen atoms in total. The Balaban J connectivity index is 1.94. The van der Waals surface area contributed by atoms with E-state index in [1.807, 2.05) is 56.3 Å². The van der Waals surface area contributed by atoms with Gasteiger partial charge in [-0.15, -0.1) is 0 Å². The van der Waals surface area contributed by atoms with Gasteiger partial charge in [0.15, 0.2) is 0 Å². The number of esters is 1. The van der Waals surface area contributed by atoms with Gasteiger partial charge in [-0.1, -0.05) is 56.3 Å². The number of nitrogens with zero attached hydrogens (tertiary/aromatic N) is 1. The van der Waals surface area contributed by atoms with Crippen LogP contribution < -0.4 is 0 Å². The van der Waals surface area contributed by atoms with E-state index in [1.165, 1.54) is 7.11 Å². The number of aromatic hydroxyl groups is 1. The molecular formula is C23H27NO4. The van der Waals surface area contributed by atoms with Crippen molar-refractivity contribution < 1.29 is 19.4 Å². The highest BCUT2D eigenvalue weighted by Crippen LogP contribution is 2.44. The quantitative estimate of drug-likeness (QED) is 0.586. The number of hydrogen-bond acceptors (Lipinski definition) is 4. The fourth-order valence-corrected chi connectivity index (χ4v) is 3.96. The van der Waals surface area contributed by atoms with Crippen LogP contribution in [0, 0.1) is 11.8 Å². The number of phenols is 1.